The van der Waals surface area contributed by atoms with Crippen LogP contribution in [-0.2, 0) is 4.79 Å². The highest BCUT2D eigenvalue weighted by Gasteiger charge is 2.21. The fourth-order valence-electron chi connectivity index (χ4n) is 2.20. The zero-order valence-corrected chi connectivity index (χ0v) is 12.3. The highest BCUT2D eigenvalue weighted by molar-refractivity contribution is 5.78. The van der Waals surface area contributed by atoms with E-state index in [2.05, 4.69) is 36.3 Å². The quantitative estimate of drug-likeness (QED) is 0.720. The first-order chi connectivity index (χ1) is 8.90. The van der Waals surface area contributed by atoms with Gasteiger partial charge in [-0.05, 0) is 59.2 Å². The van der Waals surface area contributed by atoms with Crippen molar-refractivity contribution in [2.24, 2.45) is 5.92 Å². The Hall–Kier alpha value is -1.12. The SMILES string of the molecule is CC(C)(C)NCC1CCN(CC(=O)NCC#N)CC1. The maximum atomic E-state index is 11.5. The Morgan fingerprint density at radius 2 is 2.00 bits per heavy atom. The second-order valence-electron chi connectivity index (χ2n) is 6.29. The van der Waals surface area contributed by atoms with E-state index in [1.807, 2.05) is 6.07 Å². The van der Waals surface area contributed by atoms with E-state index in [-0.39, 0.29) is 18.0 Å². The Bertz CT molecular complexity index is 321. The number of carbonyl (C=O) groups excluding carboxylic acids is 1. The number of piperidine rings is 1. The Morgan fingerprint density at radius 1 is 1.37 bits per heavy atom. The second kappa shape index (κ2) is 7.46. The summed E-state index contributed by atoms with van der Waals surface area (Å²) in [5.74, 6) is 0.658. The molecule has 0 saturated carbocycles. The van der Waals surface area contributed by atoms with Gasteiger partial charge in [0.2, 0.25) is 5.91 Å². The minimum absolute atomic E-state index is 0.0483. The number of likely N-dealkylation sites (tertiary alicyclic amines) is 1. The number of hydrogen-bond donors (Lipinski definition) is 2. The second-order valence-corrected chi connectivity index (χ2v) is 6.29. The molecule has 108 valence electrons. The van der Waals surface area contributed by atoms with Crippen LogP contribution in [0.15, 0.2) is 0 Å². The molecule has 0 aromatic rings. The number of nitrogens with one attached hydrogen (secondary N) is 2. The van der Waals surface area contributed by atoms with Gasteiger partial charge in [-0.2, -0.15) is 5.26 Å². The number of rotatable bonds is 5. The van der Waals surface area contributed by atoms with Crippen LogP contribution >= 0.6 is 0 Å². The van der Waals surface area contributed by atoms with Gasteiger partial charge in [0.25, 0.3) is 0 Å². The molecule has 0 aromatic carbocycles. The predicted octanol–water partition coefficient (Wildman–Crippen LogP) is 0.726. The molecule has 5 heteroatoms. The zero-order valence-electron chi connectivity index (χ0n) is 12.3. The normalized spacial score (nSPS) is 18.0. The molecule has 0 atom stereocenters. The summed E-state index contributed by atoms with van der Waals surface area (Å²) in [6, 6.07) is 1.91. The van der Waals surface area contributed by atoms with Gasteiger partial charge in [0.15, 0.2) is 0 Å². The van der Waals surface area contributed by atoms with Crippen LogP contribution in [0.4, 0.5) is 0 Å². The number of carbonyl (C=O) groups is 1. The molecule has 1 heterocycles. The molecule has 0 bridgehead atoms. The number of nitriles is 1. The molecule has 1 aliphatic heterocycles. The van der Waals surface area contributed by atoms with Crippen LogP contribution in [0.5, 0.6) is 0 Å². The van der Waals surface area contributed by atoms with Crippen molar-refractivity contribution in [1.82, 2.24) is 15.5 Å². The highest BCUT2D eigenvalue weighted by atomic mass is 16.2. The molecule has 0 aromatic heterocycles. The van der Waals surface area contributed by atoms with Crippen molar-refractivity contribution in [3.8, 4) is 6.07 Å². The summed E-state index contributed by atoms with van der Waals surface area (Å²) in [4.78, 5) is 13.7. The zero-order chi connectivity index (χ0) is 14.3. The van der Waals surface area contributed by atoms with Gasteiger partial charge in [0.05, 0.1) is 12.6 Å². The van der Waals surface area contributed by atoms with Crippen LogP contribution in [0.2, 0.25) is 0 Å². The van der Waals surface area contributed by atoms with Crippen molar-refractivity contribution >= 4 is 5.91 Å². The minimum atomic E-state index is -0.0483. The smallest absolute Gasteiger partial charge is 0.235 e. The third-order valence-electron chi connectivity index (χ3n) is 3.36. The van der Waals surface area contributed by atoms with E-state index in [0.29, 0.717) is 12.5 Å². The van der Waals surface area contributed by atoms with Crippen LogP contribution in [0.25, 0.3) is 0 Å². The van der Waals surface area contributed by atoms with E-state index in [0.717, 1.165) is 32.5 Å². The third-order valence-corrected chi connectivity index (χ3v) is 3.36. The summed E-state index contributed by atoms with van der Waals surface area (Å²) in [6.07, 6.45) is 2.27. The lowest BCUT2D eigenvalue weighted by molar-refractivity contribution is -0.122. The predicted molar refractivity (Wildman–Crippen MR) is 75.5 cm³/mol. The summed E-state index contributed by atoms with van der Waals surface area (Å²) < 4.78 is 0. The summed E-state index contributed by atoms with van der Waals surface area (Å²) in [5.41, 5.74) is 0.175. The maximum absolute atomic E-state index is 11.5. The monoisotopic (exact) mass is 266 g/mol. The molecule has 2 N–H and O–H groups in total. The molecule has 1 rings (SSSR count). The first kappa shape index (κ1) is 15.9. The van der Waals surface area contributed by atoms with Gasteiger partial charge in [-0.15, -0.1) is 0 Å². The molecule has 1 saturated heterocycles. The molecular weight excluding hydrogens is 240 g/mol. The Morgan fingerprint density at radius 3 is 2.53 bits per heavy atom. The molecule has 0 aliphatic carbocycles. The lowest BCUT2D eigenvalue weighted by Gasteiger charge is -2.33. The van der Waals surface area contributed by atoms with Gasteiger partial charge in [0, 0.05) is 5.54 Å². The topological polar surface area (TPSA) is 68.2 Å². The van der Waals surface area contributed by atoms with Crippen molar-refractivity contribution < 1.29 is 4.79 Å². The van der Waals surface area contributed by atoms with Gasteiger partial charge in [-0.1, -0.05) is 0 Å². The largest absolute Gasteiger partial charge is 0.342 e. The van der Waals surface area contributed by atoms with Gasteiger partial charge in [-0.3, -0.25) is 9.69 Å². The van der Waals surface area contributed by atoms with E-state index < -0.39 is 0 Å². The molecular formula is C14H26N4O. The van der Waals surface area contributed by atoms with E-state index in [9.17, 15) is 4.79 Å². The van der Waals surface area contributed by atoms with Crippen molar-refractivity contribution in [3.05, 3.63) is 0 Å². The van der Waals surface area contributed by atoms with Crippen molar-refractivity contribution in [2.75, 3.05) is 32.7 Å². The standard InChI is InChI=1S/C14H26N4O/c1-14(2,3)17-10-12-4-8-18(9-5-12)11-13(19)16-7-6-15/h12,17H,4-5,7-11H2,1-3H3,(H,16,19). The first-order valence-electron chi connectivity index (χ1n) is 7.02. The first-order valence-corrected chi connectivity index (χ1v) is 7.02. The molecule has 1 amide bonds. The molecule has 1 aliphatic rings. The molecule has 0 radical (unpaired) electrons. The van der Waals surface area contributed by atoms with Crippen LogP contribution in [0.1, 0.15) is 33.6 Å². The Balaban J connectivity index is 2.18. The third kappa shape index (κ3) is 7.14. The van der Waals surface area contributed by atoms with Crippen molar-refractivity contribution in [3.63, 3.8) is 0 Å². The van der Waals surface area contributed by atoms with Crippen LogP contribution in [0, 0.1) is 17.2 Å². The van der Waals surface area contributed by atoms with Gasteiger partial charge >= 0.3 is 0 Å². The Kier molecular flexibility index (Phi) is 6.26. The summed E-state index contributed by atoms with van der Waals surface area (Å²) in [5, 5.41) is 14.5. The number of amides is 1. The summed E-state index contributed by atoms with van der Waals surface area (Å²) >= 11 is 0. The van der Waals surface area contributed by atoms with E-state index in [1.165, 1.54) is 0 Å². The fourth-order valence-corrected chi connectivity index (χ4v) is 2.20. The van der Waals surface area contributed by atoms with E-state index in [4.69, 9.17) is 5.26 Å². The van der Waals surface area contributed by atoms with Crippen LogP contribution < -0.4 is 10.6 Å². The fraction of sp³-hybridized carbons (Fsp3) is 0.857. The maximum Gasteiger partial charge on any atom is 0.235 e. The van der Waals surface area contributed by atoms with Crippen LogP contribution in [-0.4, -0.2) is 49.1 Å². The van der Waals surface area contributed by atoms with Crippen molar-refractivity contribution in [2.45, 2.75) is 39.2 Å². The van der Waals surface area contributed by atoms with Crippen LogP contribution in [0.3, 0.4) is 0 Å². The van der Waals surface area contributed by atoms with Gasteiger partial charge in [-0.25, -0.2) is 0 Å². The lowest BCUT2D eigenvalue weighted by atomic mass is 9.95. The number of nitrogens with zero attached hydrogens (tertiary/aromatic N) is 2. The average Bonchev–Trinajstić information content (AvgIpc) is 2.34. The minimum Gasteiger partial charge on any atom is -0.342 e. The van der Waals surface area contributed by atoms with Gasteiger partial charge < -0.3 is 10.6 Å². The molecule has 1 fully saturated rings. The molecule has 0 unspecified atom stereocenters. The lowest BCUT2D eigenvalue weighted by Crippen LogP contribution is -2.45. The number of hydrogen-bond acceptors (Lipinski definition) is 4. The average molecular weight is 266 g/mol. The van der Waals surface area contributed by atoms with Crippen molar-refractivity contribution in [1.29, 1.82) is 5.26 Å². The Labute approximate surface area is 116 Å². The summed E-state index contributed by atoms with van der Waals surface area (Å²) in [7, 11) is 0. The molecule has 0 spiro atoms. The van der Waals surface area contributed by atoms with Gasteiger partial charge in [0.1, 0.15) is 6.54 Å². The molecule has 5 nitrogen and oxygen atoms in total. The van der Waals surface area contributed by atoms with E-state index in [1.54, 1.807) is 0 Å². The highest BCUT2D eigenvalue weighted by Crippen LogP contribution is 2.17. The van der Waals surface area contributed by atoms with E-state index >= 15 is 0 Å². The molecule has 19 heavy (non-hydrogen) atoms. The summed E-state index contributed by atoms with van der Waals surface area (Å²) in [6.45, 7) is 10.1.